The van der Waals surface area contributed by atoms with E-state index in [-0.39, 0.29) is 60.3 Å². The zero-order valence-corrected chi connectivity index (χ0v) is 25.5. The fraction of sp³-hybridized carbons (Fsp3) is 0.667. The minimum Gasteiger partial charge on any atom is -0.472 e. The van der Waals surface area contributed by atoms with Gasteiger partial charge in [0.2, 0.25) is 0 Å². The molecule has 0 amide bonds. The SMILES string of the molecule is C/C=C(\C)C(=O)O[C@H]1C[C@@H](OC(C)=O)[C@@]2(C)COC3[C@@H]2C1[C@@H](CC(=O)OC)[C@]1(C)C2=C(C)[C@H](c4ccoc4)C[C@H]2O[C@H]31. The molecule has 2 unspecified atom stereocenters. The van der Waals surface area contributed by atoms with Crippen molar-refractivity contribution in [3.8, 4) is 0 Å². The van der Waals surface area contributed by atoms with Crippen LogP contribution in [0.2, 0.25) is 0 Å². The van der Waals surface area contributed by atoms with Crippen LogP contribution in [0.4, 0.5) is 0 Å². The number of methoxy groups -OCH3 is 1. The van der Waals surface area contributed by atoms with Crippen molar-refractivity contribution in [1.29, 1.82) is 0 Å². The molecule has 9 heteroatoms. The second kappa shape index (κ2) is 10.4. The van der Waals surface area contributed by atoms with Gasteiger partial charge >= 0.3 is 17.9 Å². The van der Waals surface area contributed by atoms with Crippen LogP contribution in [0.5, 0.6) is 0 Å². The molecule has 11 atom stereocenters. The van der Waals surface area contributed by atoms with Gasteiger partial charge in [-0.1, -0.05) is 25.5 Å². The molecule has 0 bridgehead atoms. The Balaban J connectivity index is 1.51. The van der Waals surface area contributed by atoms with Gasteiger partial charge in [-0.25, -0.2) is 4.79 Å². The van der Waals surface area contributed by atoms with Crippen molar-refractivity contribution < 1.29 is 42.5 Å². The van der Waals surface area contributed by atoms with E-state index in [9.17, 15) is 14.4 Å². The van der Waals surface area contributed by atoms with E-state index in [1.807, 2.05) is 6.07 Å². The van der Waals surface area contributed by atoms with Crippen molar-refractivity contribution in [2.75, 3.05) is 13.7 Å². The molecule has 0 N–H and O–H groups in total. The van der Waals surface area contributed by atoms with E-state index in [1.165, 1.54) is 25.2 Å². The molecule has 5 aliphatic rings. The van der Waals surface area contributed by atoms with Gasteiger partial charge in [0, 0.05) is 53.9 Å². The second-order valence-electron chi connectivity index (χ2n) is 13.3. The summed E-state index contributed by atoms with van der Waals surface area (Å²) in [6.07, 6.45) is 4.58. The van der Waals surface area contributed by atoms with Crippen molar-refractivity contribution in [1.82, 2.24) is 0 Å². The Morgan fingerprint density at radius 2 is 1.90 bits per heavy atom. The van der Waals surface area contributed by atoms with Gasteiger partial charge in [0.1, 0.15) is 12.2 Å². The summed E-state index contributed by atoms with van der Waals surface area (Å²) < 4.78 is 36.5. The first-order valence-corrected chi connectivity index (χ1v) is 15.0. The van der Waals surface area contributed by atoms with Crippen LogP contribution in [-0.2, 0) is 38.1 Å². The molecule has 3 aliphatic carbocycles. The first-order valence-electron chi connectivity index (χ1n) is 15.0. The summed E-state index contributed by atoms with van der Waals surface area (Å²) in [5.74, 6) is -1.65. The number of furan rings is 1. The summed E-state index contributed by atoms with van der Waals surface area (Å²) in [7, 11) is 1.41. The van der Waals surface area contributed by atoms with Crippen LogP contribution in [-0.4, -0.2) is 62.1 Å². The Labute approximate surface area is 246 Å². The zero-order valence-electron chi connectivity index (χ0n) is 25.5. The predicted molar refractivity (Wildman–Crippen MR) is 150 cm³/mol. The number of allylic oxidation sites excluding steroid dienone is 2. The largest absolute Gasteiger partial charge is 0.472 e. The van der Waals surface area contributed by atoms with E-state index >= 15 is 0 Å². The third kappa shape index (κ3) is 4.13. The molecule has 228 valence electrons. The van der Waals surface area contributed by atoms with E-state index in [1.54, 1.807) is 32.4 Å². The molecule has 9 nitrogen and oxygen atoms in total. The van der Waals surface area contributed by atoms with E-state index in [4.69, 9.17) is 28.1 Å². The topological polar surface area (TPSA) is 111 Å². The molecule has 2 saturated carbocycles. The van der Waals surface area contributed by atoms with E-state index in [0.29, 0.717) is 18.6 Å². The summed E-state index contributed by atoms with van der Waals surface area (Å²) in [6, 6.07) is 2.00. The van der Waals surface area contributed by atoms with Crippen molar-refractivity contribution in [3.05, 3.63) is 47.0 Å². The number of esters is 3. The van der Waals surface area contributed by atoms with Gasteiger partial charge in [-0.3, -0.25) is 9.59 Å². The van der Waals surface area contributed by atoms with E-state index < -0.39 is 29.0 Å². The fourth-order valence-corrected chi connectivity index (χ4v) is 9.35. The normalized spacial score (nSPS) is 42.1. The minimum absolute atomic E-state index is 0.133. The lowest BCUT2D eigenvalue weighted by Crippen LogP contribution is -2.66. The van der Waals surface area contributed by atoms with Crippen molar-refractivity contribution in [2.24, 2.45) is 28.6 Å². The maximum Gasteiger partial charge on any atom is 0.333 e. The zero-order chi connectivity index (χ0) is 30.1. The highest BCUT2D eigenvalue weighted by Crippen LogP contribution is 2.70. The molecule has 1 aromatic heterocycles. The quantitative estimate of drug-likeness (QED) is 0.200. The monoisotopic (exact) mass is 582 g/mol. The molecule has 2 aliphatic heterocycles. The van der Waals surface area contributed by atoms with Gasteiger partial charge < -0.3 is 28.1 Å². The molecule has 4 fully saturated rings. The van der Waals surface area contributed by atoms with Crippen molar-refractivity contribution in [3.63, 3.8) is 0 Å². The number of fused-ring (bicyclic) bond motifs is 4. The first-order chi connectivity index (χ1) is 19.9. The standard InChI is InChI=1S/C33H42O9/c1-8-16(2)31(36)42-22-13-24(40-18(4)34)32(5)15-39-29-28(32)26(22)21(12-25(35)37-7)33(6)27-17(3)20(19-9-10-38-14-19)11-23(27)41-30(29)33/h8-10,14,20-24,26,28-30H,11-13,15H2,1-7H3/b16-8+/t20-,21-,22+,23-,24-,26?,28+,29?,30-,32-,33-/m1/s1. The van der Waals surface area contributed by atoms with E-state index in [0.717, 1.165) is 12.0 Å². The highest BCUT2D eigenvalue weighted by Gasteiger charge is 2.74. The van der Waals surface area contributed by atoms with Crippen LogP contribution >= 0.6 is 0 Å². The first kappa shape index (κ1) is 29.2. The van der Waals surface area contributed by atoms with Crippen LogP contribution in [0, 0.1) is 28.6 Å². The average molecular weight is 583 g/mol. The van der Waals surface area contributed by atoms with Crippen molar-refractivity contribution in [2.45, 2.75) is 97.2 Å². The summed E-state index contributed by atoms with van der Waals surface area (Å²) in [4.78, 5) is 38.7. The van der Waals surface area contributed by atoms with Gasteiger partial charge in [-0.15, -0.1) is 0 Å². The molecule has 42 heavy (non-hydrogen) atoms. The molecule has 0 spiro atoms. The Hall–Kier alpha value is -2.91. The summed E-state index contributed by atoms with van der Waals surface area (Å²) in [6.45, 7) is 11.8. The van der Waals surface area contributed by atoms with Gasteiger partial charge in [0.25, 0.3) is 0 Å². The Morgan fingerprint density at radius 1 is 1.14 bits per heavy atom. The number of carbonyl (C=O) groups excluding carboxylic acids is 3. The van der Waals surface area contributed by atoms with Gasteiger partial charge in [-0.05, 0) is 50.3 Å². The predicted octanol–water partition coefficient (Wildman–Crippen LogP) is 4.90. The highest BCUT2D eigenvalue weighted by molar-refractivity contribution is 5.87. The Bertz CT molecular complexity index is 1330. The van der Waals surface area contributed by atoms with E-state index in [2.05, 4.69) is 20.8 Å². The fourth-order valence-electron chi connectivity index (χ4n) is 9.35. The number of rotatable bonds is 6. The van der Waals surface area contributed by atoms with Crippen LogP contribution in [0.3, 0.4) is 0 Å². The smallest absolute Gasteiger partial charge is 0.333 e. The molecular weight excluding hydrogens is 540 g/mol. The number of hydrogen-bond donors (Lipinski definition) is 0. The lowest BCUT2D eigenvalue weighted by Gasteiger charge is -2.59. The molecule has 3 heterocycles. The third-order valence-corrected chi connectivity index (χ3v) is 11.3. The average Bonchev–Trinajstić information content (AvgIpc) is 3.72. The Morgan fingerprint density at radius 3 is 2.55 bits per heavy atom. The molecule has 1 aromatic rings. The van der Waals surface area contributed by atoms with Crippen molar-refractivity contribution >= 4 is 17.9 Å². The maximum absolute atomic E-state index is 13.2. The summed E-state index contributed by atoms with van der Waals surface area (Å²) >= 11 is 0. The van der Waals surface area contributed by atoms with Gasteiger partial charge in [-0.2, -0.15) is 0 Å². The van der Waals surface area contributed by atoms with Crippen LogP contribution in [0.25, 0.3) is 0 Å². The number of hydrogen-bond acceptors (Lipinski definition) is 9. The minimum atomic E-state index is -0.600. The van der Waals surface area contributed by atoms with Gasteiger partial charge in [0.15, 0.2) is 0 Å². The second-order valence-corrected chi connectivity index (χ2v) is 13.3. The lowest BCUT2D eigenvalue weighted by molar-refractivity contribution is -0.214. The molecule has 2 saturated heterocycles. The van der Waals surface area contributed by atoms with Crippen LogP contribution in [0.15, 0.2) is 45.8 Å². The highest BCUT2D eigenvalue weighted by atomic mass is 16.6. The van der Waals surface area contributed by atoms with Gasteiger partial charge in [0.05, 0.1) is 44.6 Å². The molecule has 0 aromatic carbocycles. The third-order valence-electron chi connectivity index (χ3n) is 11.3. The number of ether oxygens (including phenoxy) is 5. The Kier molecular flexibility index (Phi) is 7.20. The molecule has 0 radical (unpaired) electrons. The molecular formula is C33H42O9. The van der Waals surface area contributed by atoms with Crippen LogP contribution in [0.1, 0.15) is 72.3 Å². The van der Waals surface area contributed by atoms with Crippen LogP contribution < -0.4 is 0 Å². The molecule has 6 rings (SSSR count). The number of carbonyl (C=O) groups is 3. The summed E-state index contributed by atoms with van der Waals surface area (Å²) in [5.41, 5.74) is 2.92. The maximum atomic E-state index is 13.2. The lowest BCUT2D eigenvalue weighted by atomic mass is 9.46. The summed E-state index contributed by atoms with van der Waals surface area (Å²) in [5, 5.41) is 0.